The second kappa shape index (κ2) is 9.64. The van der Waals surface area contributed by atoms with Crippen LogP contribution in [0.4, 0.5) is 0 Å². The van der Waals surface area contributed by atoms with Gasteiger partial charge in [0.25, 0.3) is 0 Å². The van der Waals surface area contributed by atoms with Crippen molar-refractivity contribution in [3.8, 4) is 11.5 Å². The summed E-state index contributed by atoms with van der Waals surface area (Å²) >= 11 is 0. The molecule has 0 amide bonds. The van der Waals surface area contributed by atoms with Gasteiger partial charge in [0.15, 0.2) is 0 Å². The van der Waals surface area contributed by atoms with Crippen LogP contribution in [0.15, 0.2) is 24.3 Å². The molecular weight excluding hydrogens is 268 g/mol. The highest BCUT2D eigenvalue weighted by Crippen LogP contribution is 2.18. The van der Waals surface area contributed by atoms with Crippen LogP contribution in [0, 0.1) is 0 Å². The van der Waals surface area contributed by atoms with Crippen LogP contribution in [0.3, 0.4) is 0 Å². The molecule has 0 spiro atoms. The summed E-state index contributed by atoms with van der Waals surface area (Å²) in [7, 11) is 0. The molecule has 0 atom stereocenters. The largest absolute Gasteiger partial charge is 0.494 e. The zero-order valence-electron chi connectivity index (χ0n) is 12.9. The summed E-state index contributed by atoms with van der Waals surface area (Å²) in [5.41, 5.74) is 0. The molecule has 0 aliphatic carbocycles. The second-order valence-electron chi connectivity index (χ2n) is 5.20. The van der Waals surface area contributed by atoms with Gasteiger partial charge >= 0.3 is 0 Å². The molecule has 1 aromatic rings. The number of hydrogen-bond donors (Lipinski definition) is 0. The molecular formula is C17H26O4. The fourth-order valence-corrected chi connectivity index (χ4v) is 2.18. The summed E-state index contributed by atoms with van der Waals surface area (Å²) in [4.78, 5) is 0. The standard InChI is InChI=1S/C17H26O4/c1-2-3-10-19-15-4-6-16(7-5-15)20-13-14-21-17-8-11-18-12-9-17/h4-7,17H,2-3,8-14H2,1H3. The Balaban J connectivity index is 1.59. The van der Waals surface area contributed by atoms with E-state index in [9.17, 15) is 0 Å². The van der Waals surface area contributed by atoms with E-state index < -0.39 is 0 Å². The van der Waals surface area contributed by atoms with Crippen LogP contribution < -0.4 is 9.47 Å². The van der Waals surface area contributed by atoms with Crippen LogP contribution >= 0.6 is 0 Å². The topological polar surface area (TPSA) is 36.9 Å². The monoisotopic (exact) mass is 294 g/mol. The van der Waals surface area contributed by atoms with Gasteiger partial charge in [-0.25, -0.2) is 0 Å². The van der Waals surface area contributed by atoms with Crippen molar-refractivity contribution in [3.05, 3.63) is 24.3 Å². The van der Waals surface area contributed by atoms with Gasteiger partial charge in [-0.3, -0.25) is 0 Å². The van der Waals surface area contributed by atoms with Crippen molar-refractivity contribution in [2.45, 2.75) is 38.7 Å². The average molecular weight is 294 g/mol. The van der Waals surface area contributed by atoms with Crippen molar-refractivity contribution in [1.29, 1.82) is 0 Å². The SMILES string of the molecule is CCCCOc1ccc(OCCOC2CCOCC2)cc1. The van der Waals surface area contributed by atoms with E-state index in [1.165, 1.54) is 0 Å². The molecule has 1 aliphatic rings. The van der Waals surface area contributed by atoms with Gasteiger partial charge in [0.1, 0.15) is 18.1 Å². The van der Waals surface area contributed by atoms with Gasteiger partial charge in [0, 0.05) is 13.2 Å². The van der Waals surface area contributed by atoms with Gasteiger partial charge in [-0.1, -0.05) is 13.3 Å². The molecule has 118 valence electrons. The maximum Gasteiger partial charge on any atom is 0.119 e. The van der Waals surface area contributed by atoms with Crippen LogP contribution in [-0.4, -0.2) is 39.1 Å². The highest BCUT2D eigenvalue weighted by atomic mass is 16.5. The first-order valence-corrected chi connectivity index (χ1v) is 7.93. The molecule has 0 unspecified atom stereocenters. The quantitative estimate of drug-likeness (QED) is 0.654. The Morgan fingerprint density at radius 2 is 1.57 bits per heavy atom. The van der Waals surface area contributed by atoms with Gasteiger partial charge in [0.2, 0.25) is 0 Å². The van der Waals surface area contributed by atoms with Crippen molar-refractivity contribution >= 4 is 0 Å². The second-order valence-corrected chi connectivity index (χ2v) is 5.20. The molecule has 2 rings (SSSR count). The Hall–Kier alpha value is -1.26. The number of unbranched alkanes of at least 4 members (excludes halogenated alkanes) is 1. The van der Waals surface area contributed by atoms with Crippen molar-refractivity contribution in [2.75, 3.05) is 33.0 Å². The first-order chi connectivity index (χ1) is 10.4. The van der Waals surface area contributed by atoms with E-state index in [1.807, 2.05) is 24.3 Å². The molecule has 0 saturated carbocycles. The third kappa shape index (κ3) is 6.36. The summed E-state index contributed by atoms with van der Waals surface area (Å²) in [6.45, 7) is 5.75. The Morgan fingerprint density at radius 1 is 0.952 bits per heavy atom. The molecule has 21 heavy (non-hydrogen) atoms. The van der Waals surface area contributed by atoms with Gasteiger partial charge in [0.05, 0.1) is 19.3 Å². The van der Waals surface area contributed by atoms with E-state index >= 15 is 0 Å². The minimum atomic E-state index is 0.330. The lowest BCUT2D eigenvalue weighted by atomic mass is 10.2. The lowest BCUT2D eigenvalue weighted by Crippen LogP contribution is -2.25. The number of benzene rings is 1. The van der Waals surface area contributed by atoms with Gasteiger partial charge < -0.3 is 18.9 Å². The molecule has 4 heteroatoms. The van der Waals surface area contributed by atoms with Crippen molar-refractivity contribution in [2.24, 2.45) is 0 Å². The predicted octanol–water partition coefficient (Wildman–Crippen LogP) is 3.44. The third-order valence-corrected chi connectivity index (χ3v) is 3.46. The van der Waals surface area contributed by atoms with Gasteiger partial charge in [-0.05, 0) is 43.5 Å². The minimum absolute atomic E-state index is 0.330. The van der Waals surface area contributed by atoms with Crippen LogP contribution in [0.5, 0.6) is 11.5 Å². The smallest absolute Gasteiger partial charge is 0.119 e. The average Bonchev–Trinajstić information content (AvgIpc) is 2.54. The van der Waals surface area contributed by atoms with Crippen LogP contribution in [0.25, 0.3) is 0 Å². The van der Waals surface area contributed by atoms with E-state index in [-0.39, 0.29) is 0 Å². The lowest BCUT2D eigenvalue weighted by molar-refractivity contribution is -0.0388. The summed E-state index contributed by atoms with van der Waals surface area (Å²) < 4.78 is 22.3. The Bertz CT molecular complexity index is 371. The maximum absolute atomic E-state index is 5.76. The van der Waals surface area contributed by atoms with Crippen molar-refractivity contribution in [3.63, 3.8) is 0 Å². The molecule has 0 bridgehead atoms. The summed E-state index contributed by atoms with van der Waals surface area (Å²) in [6, 6.07) is 7.78. The molecule has 0 radical (unpaired) electrons. The zero-order chi connectivity index (χ0) is 14.8. The third-order valence-electron chi connectivity index (χ3n) is 3.46. The maximum atomic E-state index is 5.76. The molecule has 0 N–H and O–H groups in total. The van der Waals surface area contributed by atoms with Crippen LogP contribution in [0.1, 0.15) is 32.6 Å². The zero-order valence-corrected chi connectivity index (χ0v) is 12.9. The highest BCUT2D eigenvalue weighted by Gasteiger charge is 2.13. The fraction of sp³-hybridized carbons (Fsp3) is 0.647. The normalized spacial score (nSPS) is 15.9. The first kappa shape index (κ1) is 16.1. The summed E-state index contributed by atoms with van der Waals surface area (Å²) in [5, 5.41) is 0. The molecule has 1 heterocycles. The molecule has 1 aliphatic heterocycles. The van der Waals surface area contributed by atoms with E-state index in [0.717, 1.165) is 57.0 Å². The van der Waals surface area contributed by atoms with E-state index in [4.69, 9.17) is 18.9 Å². The number of rotatable bonds is 9. The van der Waals surface area contributed by atoms with Crippen molar-refractivity contribution in [1.82, 2.24) is 0 Å². The predicted molar refractivity (Wildman–Crippen MR) is 82.1 cm³/mol. The summed E-state index contributed by atoms with van der Waals surface area (Å²) in [6.07, 6.45) is 4.54. The fourth-order valence-electron chi connectivity index (χ4n) is 2.18. The number of hydrogen-bond acceptors (Lipinski definition) is 4. The van der Waals surface area contributed by atoms with E-state index in [0.29, 0.717) is 19.3 Å². The first-order valence-electron chi connectivity index (χ1n) is 7.93. The van der Waals surface area contributed by atoms with Gasteiger partial charge in [-0.2, -0.15) is 0 Å². The van der Waals surface area contributed by atoms with Crippen LogP contribution in [-0.2, 0) is 9.47 Å². The molecule has 4 nitrogen and oxygen atoms in total. The Labute approximate surface area is 127 Å². The molecule has 1 saturated heterocycles. The van der Waals surface area contributed by atoms with E-state index in [1.54, 1.807) is 0 Å². The molecule has 1 fully saturated rings. The number of ether oxygens (including phenoxy) is 4. The van der Waals surface area contributed by atoms with Crippen LogP contribution in [0.2, 0.25) is 0 Å². The Morgan fingerprint density at radius 3 is 2.19 bits per heavy atom. The highest BCUT2D eigenvalue weighted by molar-refractivity contribution is 5.31. The molecule has 1 aromatic carbocycles. The summed E-state index contributed by atoms with van der Waals surface area (Å²) in [5.74, 6) is 1.75. The van der Waals surface area contributed by atoms with Gasteiger partial charge in [-0.15, -0.1) is 0 Å². The molecule has 0 aromatic heterocycles. The van der Waals surface area contributed by atoms with Crippen molar-refractivity contribution < 1.29 is 18.9 Å². The lowest BCUT2D eigenvalue weighted by Gasteiger charge is -2.22. The Kier molecular flexibility index (Phi) is 7.39. The van der Waals surface area contributed by atoms with E-state index in [2.05, 4.69) is 6.92 Å². The minimum Gasteiger partial charge on any atom is -0.494 e.